The summed E-state index contributed by atoms with van der Waals surface area (Å²) < 4.78 is 0. The summed E-state index contributed by atoms with van der Waals surface area (Å²) in [7, 11) is 0. The lowest BCUT2D eigenvalue weighted by atomic mass is 9.80. The average Bonchev–Trinajstić information content (AvgIpc) is 2.95. The summed E-state index contributed by atoms with van der Waals surface area (Å²) in [5.41, 5.74) is 5.58. The minimum absolute atomic E-state index is 0.178. The van der Waals surface area contributed by atoms with Crippen molar-refractivity contribution in [2.45, 2.75) is 64.3 Å². The summed E-state index contributed by atoms with van der Waals surface area (Å²) in [6.45, 7) is 2.84. The van der Waals surface area contributed by atoms with E-state index in [0.29, 0.717) is 0 Å². The van der Waals surface area contributed by atoms with Crippen molar-refractivity contribution in [2.75, 3.05) is 6.54 Å². The Balaban J connectivity index is 2.19. The molecule has 5 nitrogen and oxygen atoms in total. The Morgan fingerprint density at radius 3 is 2.63 bits per heavy atom. The third-order valence-corrected chi connectivity index (χ3v) is 4.91. The fourth-order valence-electron chi connectivity index (χ4n) is 3.62. The van der Waals surface area contributed by atoms with E-state index in [1.807, 2.05) is 4.90 Å². The number of carbonyl (C=O) groups excluding carboxylic acids is 1. The lowest BCUT2D eigenvalue weighted by Gasteiger charge is -2.40. The fourth-order valence-corrected chi connectivity index (χ4v) is 3.62. The molecule has 0 radical (unpaired) electrons. The van der Waals surface area contributed by atoms with Crippen LogP contribution in [0.25, 0.3) is 0 Å². The summed E-state index contributed by atoms with van der Waals surface area (Å²) in [4.78, 5) is 14.8. The van der Waals surface area contributed by atoms with E-state index in [0.717, 1.165) is 57.9 Å². The quantitative estimate of drug-likeness (QED) is 0.355. The van der Waals surface area contributed by atoms with E-state index >= 15 is 0 Å². The van der Waals surface area contributed by atoms with Gasteiger partial charge in [-0.25, -0.2) is 0 Å². The van der Waals surface area contributed by atoms with Gasteiger partial charge in [-0.15, -0.1) is 0 Å². The third kappa shape index (κ3) is 2.55. The number of nitrogens with zero attached hydrogens (tertiary/aromatic N) is 2. The van der Waals surface area contributed by atoms with Crippen molar-refractivity contribution in [3.8, 4) is 0 Å². The highest BCUT2D eigenvalue weighted by atomic mass is 16.4. The third-order valence-electron chi connectivity index (χ3n) is 4.91. The molecule has 19 heavy (non-hydrogen) atoms. The Labute approximate surface area is 114 Å². The highest BCUT2D eigenvalue weighted by Crippen LogP contribution is 2.43. The predicted octanol–water partition coefficient (Wildman–Crippen LogP) is 2.08. The Bertz CT molecular complexity index is 362. The molecule has 3 N–H and O–H groups in total. The van der Waals surface area contributed by atoms with E-state index in [-0.39, 0.29) is 23.2 Å². The monoisotopic (exact) mass is 267 g/mol. The fraction of sp³-hybridized carbons (Fsp3) is 0.857. The van der Waals surface area contributed by atoms with Crippen LogP contribution >= 0.6 is 0 Å². The number of hydrogen-bond acceptors (Lipinski definition) is 3. The molecule has 0 bridgehead atoms. The Hall–Kier alpha value is -1.26. The number of amidine groups is 1. The Morgan fingerprint density at radius 2 is 2.05 bits per heavy atom. The van der Waals surface area contributed by atoms with Gasteiger partial charge < -0.3 is 15.8 Å². The molecule has 0 aromatic heterocycles. The van der Waals surface area contributed by atoms with Crippen LogP contribution in [0.15, 0.2) is 5.16 Å². The van der Waals surface area contributed by atoms with E-state index in [1.54, 1.807) is 0 Å². The molecule has 108 valence electrons. The zero-order chi connectivity index (χ0) is 13.9. The van der Waals surface area contributed by atoms with Crippen LogP contribution in [0.5, 0.6) is 0 Å². The van der Waals surface area contributed by atoms with Crippen LogP contribution in [0.4, 0.5) is 0 Å². The summed E-state index contributed by atoms with van der Waals surface area (Å²) in [6, 6.07) is -0.213. The number of hydrogen-bond donors (Lipinski definition) is 2. The molecule has 2 rings (SSSR count). The van der Waals surface area contributed by atoms with Crippen molar-refractivity contribution in [2.24, 2.45) is 16.3 Å². The maximum Gasteiger partial charge on any atom is 0.229 e. The zero-order valence-corrected chi connectivity index (χ0v) is 11.8. The van der Waals surface area contributed by atoms with Crippen LogP contribution in [0.3, 0.4) is 0 Å². The Kier molecular flexibility index (Phi) is 4.32. The average molecular weight is 267 g/mol. The number of carbonyl (C=O) groups is 1. The highest BCUT2D eigenvalue weighted by molar-refractivity contribution is 5.92. The number of oxime groups is 1. The molecule has 1 saturated heterocycles. The van der Waals surface area contributed by atoms with Gasteiger partial charge in [0.1, 0.15) is 0 Å². The first-order chi connectivity index (χ1) is 9.14. The van der Waals surface area contributed by atoms with Gasteiger partial charge in [0.05, 0.1) is 6.04 Å². The van der Waals surface area contributed by atoms with Crippen molar-refractivity contribution in [3.63, 3.8) is 0 Å². The maximum atomic E-state index is 12.9. The molecule has 1 saturated carbocycles. The number of nitrogens with two attached hydrogens (primary N) is 1. The minimum atomic E-state index is -0.213. The molecule has 2 aliphatic rings. The van der Waals surface area contributed by atoms with E-state index in [4.69, 9.17) is 10.9 Å². The van der Waals surface area contributed by atoms with Gasteiger partial charge in [-0.2, -0.15) is 0 Å². The topological polar surface area (TPSA) is 78.9 Å². The molecule has 1 aliphatic heterocycles. The van der Waals surface area contributed by atoms with Gasteiger partial charge in [0.15, 0.2) is 5.84 Å². The van der Waals surface area contributed by atoms with Crippen LogP contribution in [0.1, 0.15) is 58.3 Å². The summed E-state index contributed by atoms with van der Waals surface area (Å²) in [5.74, 6) is 0.404. The highest BCUT2D eigenvalue weighted by Gasteiger charge is 2.44. The van der Waals surface area contributed by atoms with Crippen LogP contribution in [0.2, 0.25) is 0 Å². The molecule has 2 fully saturated rings. The largest absolute Gasteiger partial charge is 0.409 e. The molecule has 0 aromatic rings. The molecule has 1 atom stereocenters. The normalized spacial score (nSPS) is 27.5. The number of rotatable bonds is 3. The van der Waals surface area contributed by atoms with Crippen molar-refractivity contribution >= 4 is 11.7 Å². The van der Waals surface area contributed by atoms with Crippen LogP contribution < -0.4 is 5.73 Å². The van der Waals surface area contributed by atoms with Gasteiger partial charge in [0.25, 0.3) is 0 Å². The van der Waals surface area contributed by atoms with Crippen molar-refractivity contribution in [1.29, 1.82) is 0 Å². The summed E-state index contributed by atoms with van der Waals surface area (Å²) >= 11 is 0. The standard InChI is InChI=1S/C14H25N3O2/c1-2-14(8-4-5-9-14)13(18)17-10-6-3-7-11(17)12(15)16-19/h11,19H,2-10H2,1H3,(H2,15,16). The molecular formula is C14H25N3O2. The molecule has 1 amide bonds. The summed E-state index contributed by atoms with van der Waals surface area (Å²) in [6.07, 6.45) is 8.00. The summed E-state index contributed by atoms with van der Waals surface area (Å²) in [5, 5.41) is 12.0. The SMILES string of the molecule is CCC1(C(=O)N2CCCCC2C(N)=NO)CCCC1. The van der Waals surface area contributed by atoms with E-state index in [9.17, 15) is 4.79 Å². The van der Waals surface area contributed by atoms with E-state index in [2.05, 4.69) is 12.1 Å². The molecule has 1 aliphatic carbocycles. The van der Waals surface area contributed by atoms with Crippen molar-refractivity contribution < 1.29 is 10.0 Å². The van der Waals surface area contributed by atoms with Crippen LogP contribution in [-0.4, -0.2) is 34.4 Å². The lowest BCUT2D eigenvalue weighted by Crippen LogP contribution is -2.54. The first kappa shape index (κ1) is 14.2. The van der Waals surface area contributed by atoms with E-state index < -0.39 is 0 Å². The van der Waals surface area contributed by atoms with Gasteiger partial charge in [0, 0.05) is 12.0 Å². The number of amides is 1. The minimum Gasteiger partial charge on any atom is -0.409 e. The van der Waals surface area contributed by atoms with Gasteiger partial charge >= 0.3 is 0 Å². The van der Waals surface area contributed by atoms with Gasteiger partial charge in [0.2, 0.25) is 5.91 Å². The lowest BCUT2D eigenvalue weighted by molar-refractivity contribution is -0.144. The Morgan fingerprint density at radius 1 is 1.37 bits per heavy atom. The molecular weight excluding hydrogens is 242 g/mol. The molecule has 1 unspecified atom stereocenters. The predicted molar refractivity (Wildman–Crippen MR) is 74.0 cm³/mol. The second kappa shape index (κ2) is 5.80. The maximum absolute atomic E-state index is 12.9. The smallest absolute Gasteiger partial charge is 0.229 e. The molecule has 5 heteroatoms. The van der Waals surface area contributed by atoms with Crippen LogP contribution in [0, 0.1) is 5.41 Å². The molecule has 0 aromatic carbocycles. The van der Waals surface area contributed by atoms with Gasteiger partial charge in [-0.3, -0.25) is 4.79 Å². The second-order valence-corrected chi connectivity index (χ2v) is 5.88. The van der Waals surface area contributed by atoms with Crippen molar-refractivity contribution in [3.05, 3.63) is 0 Å². The first-order valence-corrected chi connectivity index (χ1v) is 7.43. The zero-order valence-electron chi connectivity index (χ0n) is 11.8. The molecule has 0 spiro atoms. The van der Waals surface area contributed by atoms with Crippen molar-refractivity contribution in [1.82, 2.24) is 4.90 Å². The first-order valence-electron chi connectivity index (χ1n) is 7.43. The molecule has 1 heterocycles. The van der Waals surface area contributed by atoms with Gasteiger partial charge in [-0.05, 0) is 38.5 Å². The second-order valence-electron chi connectivity index (χ2n) is 5.88. The van der Waals surface area contributed by atoms with Crippen LogP contribution in [-0.2, 0) is 4.79 Å². The number of piperidine rings is 1. The van der Waals surface area contributed by atoms with Gasteiger partial charge in [-0.1, -0.05) is 24.9 Å². The number of likely N-dealkylation sites (tertiary alicyclic amines) is 1. The van der Waals surface area contributed by atoms with E-state index in [1.165, 1.54) is 0 Å².